The predicted molar refractivity (Wildman–Crippen MR) is 71.0 cm³/mol. The Kier molecular flexibility index (Phi) is 6.79. The van der Waals surface area contributed by atoms with Gasteiger partial charge in [0.25, 0.3) is 0 Å². The van der Waals surface area contributed by atoms with Crippen molar-refractivity contribution in [3.05, 3.63) is 0 Å². The molecule has 0 atom stereocenters. The fourth-order valence-electron chi connectivity index (χ4n) is 1.87. The van der Waals surface area contributed by atoms with Crippen LogP contribution in [0, 0.1) is 0 Å². The average Bonchev–Trinajstić information content (AvgIpc) is 2.40. The Morgan fingerprint density at radius 1 is 1.00 bits per heavy atom. The first-order valence-electron chi connectivity index (χ1n) is 6.63. The number of nitrogens with zero attached hydrogens (tertiary/aromatic N) is 2. The number of hydrogen-bond acceptors (Lipinski definition) is 5. The molecule has 7 nitrogen and oxygen atoms in total. The molecule has 112 valence electrons. The summed E-state index contributed by atoms with van der Waals surface area (Å²) >= 11 is 0. The summed E-state index contributed by atoms with van der Waals surface area (Å²) in [6, 6.07) is 0. The van der Waals surface area contributed by atoms with Gasteiger partial charge in [-0.3, -0.25) is 9.05 Å². The fraction of sp³-hybridized carbons (Fsp3) is 0.909. The minimum absolute atomic E-state index is 0.329. The van der Waals surface area contributed by atoms with Crippen molar-refractivity contribution in [1.82, 2.24) is 9.57 Å². The van der Waals surface area contributed by atoms with Crippen LogP contribution in [0.3, 0.4) is 0 Å². The summed E-state index contributed by atoms with van der Waals surface area (Å²) in [5.74, 6) is 0. The van der Waals surface area contributed by atoms with Gasteiger partial charge in [0.05, 0.1) is 19.8 Å². The van der Waals surface area contributed by atoms with Gasteiger partial charge >= 0.3 is 13.8 Å². The topological polar surface area (TPSA) is 68.3 Å². The molecular weight excluding hydrogens is 271 g/mol. The summed E-state index contributed by atoms with van der Waals surface area (Å²) in [5.41, 5.74) is 0. The van der Waals surface area contributed by atoms with Gasteiger partial charge in [0, 0.05) is 26.2 Å². The van der Waals surface area contributed by atoms with Gasteiger partial charge in [-0.15, -0.1) is 0 Å². The lowest BCUT2D eigenvalue weighted by molar-refractivity contribution is 0.0829. The molecule has 1 heterocycles. The summed E-state index contributed by atoms with van der Waals surface area (Å²) in [6.07, 6.45) is -0.329. The molecule has 0 radical (unpaired) electrons. The summed E-state index contributed by atoms with van der Waals surface area (Å²) in [4.78, 5) is 13.2. The molecule has 0 unspecified atom stereocenters. The first-order valence-corrected chi connectivity index (χ1v) is 8.13. The number of rotatable bonds is 6. The van der Waals surface area contributed by atoms with Gasteiger partial charge in [-0.2, -0.15) is 0 Å². The zero-order valence-corrected chi connectivity index (χ0v) is 12.7. The molecule has 1 amide bonds. The molecule has 1 rings (SSSR count). The molecule has 8 heteroatoms. The minimum Gasteiger partial charge on any atom is -0.450 e. The minimum atomic E-state index is -3.21. The van der Waals surface area contributed by atoms with Crippen molar-refractivity contribution in [1.29, 1.82) is 0 Å². The van der Waals surface area contributed by atoms with Gasteiger partial charge in [-0.05, 0) is 20.8 Å². The smallest absolute Gasteiger partial charge is 0.409 e. The molecule has 0 spiro atoms. The van der Waals surface area contributed by atoms with Crippen molar-refractivity contribution >= 4 is 13.8 Å². The van der Waals surface area contributed by atoms with E-state index in [-0.39, 0.29) is 6.09 Å². The van der Waals surface area contributed by atoms with Gasteiger partial charge in [-0.25, -0.2) is 14.0 Å². The first-order chi connectivity index (χ1) is 9.07. The van der Waals surface area contributed by atoms with Crippen molar-refractivity contribution < 1.29 is 23.1 Å². The van der Waals surface area contributed by atoms with Gasteiger partial charge in [-0.1, -0.05) is 0 Å². The third-order valence-electron chi connectivity index (χ3n) is 2.71. The van der Waals surface area contributed by atoms with E-state index in [1.165, 1.54) is 0 Å². The monoisotopic (exact) mass is 294 g/mol. The van der Waals surface area contributed by atoms with Gasteiger partial charge < -0.3 is 9.64 Å². The number of piperazine rings is 1. The molecular formula is C11H23N2O5P. The van der Waals surface area contributed by atoms with E-state index in [4.69, 9.17) is 13.8 Å². The van der Waals surface area contributed by atoms with E-state index in [1.54, 1.807) is 30.3 Å². The maximum Gasteiger partial charge on any atom is 0.409 e. The van der Waals surface area contributed by atoms with Crippen LogP contribution in [0.2, 0.25) is 0 Å². The highest BCUT2D eigenvalue weighted by Gasteiger charge is 2.36. The average molecular weight is 294 g/mol. The van der Waals surface area contributed by atoms with Crippen molar-refractivity contribution in [2.24, 2.45) is 0 Å². The van der Waals surface area contributed by atoms with Crippen LogP contribution >= 0.6 is 7.75 Å². The molecule has 1 aliphatic heterocycles. The van der Waals surface area contributed by atoms with Crippen molar-refractivity contribution in [3.63, 3.8) is 0 Å². The number of ether oxygens (including phenoxy) is 1. The van der Waals surface area contributed by atoms with Crippen LogP contribution in [-0.4, -0.2) is 61.7 Å². The van der Waals surface area contributed by atoms with E-state index in [9.17, 15) is 9.36 Å². The van der Waals surface area contributed by atoms with E-state index in [0.717, 1.165) is 0 Å². The van der Waals surface area contributed by atoms with E-state index in [1.807, 2.05) is 0 Å². The van der Waals surface area contributed by atoms with Gasteiger partial charge in [0.2, 0.25) is 0 Å². The van der Waals surface area contributed by atoms with Crippen molar-refractivity contribution in [3.8, 4) is 0 Å². The zero-order valence-electron chi connectivity index (χ0n) is 11.8. The Morgan fingerprint density at radius 2 is 1.53 bits per heavy atom. The number of carbonyl (C=O) groups excluding carboxylic acids is 1. The number of hydrogen-bond donors (Lipinski definition) is 0. The lowest BCUT2D eigenvalue weighted by Gasteiger charge is -2.36. The molecule has 0 aromatic rings. The van der Waals surface area contributed by atoms with Crippen LogP contribution in [-0.2, 0) is 18.3 Å². The molecule has 19 heavy (non-hydrogen) atoms. The number of carbonyl (C=O) groups is 1. The van der Waals surface area contributed by atoms with Crippen LogP contribution in [0.1, 0.15) is 20.8 Å². The van der Waals surface area contributed by atoms with Crippen LogP contribution in [0.4, 0.5) is 4.79 Å². The number of amides is 1. The highest BCUT2D eigenvalue weighted by molar-refractivity contribution is 7.51. The fourth-order valence-corrected chi connectivity index (χ4v) is 3.59. The standard InChI is InChI=1S/C11H23N2O5P/c1-4-16-11(14)12-7-9-13(10-8-12)19(15,17-5-2)18-6-3/h4-10H2,1-3H3. The van der Waals surface area contributed by atoms with E-state index in [2.05, 4.69) is 0 Å². The molecule has 1 saturated heterocycles. The maximum absolute atomic E-state index is 12.5. The second-order valence-electron chi connectivity index (χ2n) is 3.94. The molecule has 0 aliphatic carbocycles. The molecule has 0 saturated carbocycles. The summed E-state index contributed by atoms with van der Waals surface area (Å²) in [5, 5.41) is 0. The third kappa shape index (κ3) is 4.45. The lowest BCUT2D eigenvalue weighted by atomic mass is 10.4. The van der Waals surface area contributed by atoms with E-state index < -0.39 is 7.75 Å². The van der Waals surface area contributed by atoms with Crippen LogP contribution in [0.15, 0.2) is 0 Å². The molecule has 1 fully saturated rings. The second-order valence-corrected chi connectivity index (χ2v) is 5.96. The van der Waals surface area contributed by atoms with E-state index >= 15 is 0 Å². The normalized spacial score (nSPS) is 17.5. The third-order valence-corrected chi connectivity index (χ3v) is 4.97. The second kappa shape index (κ2) is 7.85. The van der Waals surface area contributed by atoms with Gasteiger partial charge in [0.1, 0.15) is 0 Å². The largest absolute Gasteiger partial charge is 0.450 e. The molecule has 0 N–H and O–H groups in total. The van der Waals surface area contributed by atoms with Crippen molar-refractivity contribution in [2.45, 2.75) is 20.8 Å². The Labute approximate surface area is 114 Å². The van der Waals surface area contributed by atoms with E-state index in [0.29, 0.717) is 46.0 Å². The summed E-state index contributed by atoms with van der Waals surface area (Å²) < 4.78 is 29.7. The van der Waals surface area contributed by atoms with Crippen LogP contribution in [0.25, 0.3) is 0 Å². The Hall–Kier alpha value is -0.620. The maximum atomic E-state index is 12.5. The Bertz CT molecular complexity index is 321. The zero-order chi connectivity index (χ0) is 14.3. The van der Waals surface area contributed by atoms with Crippen LogP contribution in [0.5, 0.6) is 0 Å². The van der Waals surface area contributed by atoms with Crippen molar-refractivity contribution in [2.75, 3.05) is 46.0 Å². The predicted octanol–water partition coefficient (Wildman–Crippen LogP) is 1.94. The lowest BCUT2D eigenvalue weighted by Crippen LogP contribution is -2.47. The summed E-state index contributed by atoms with van der Waals surface area (Å²) in [7, 11) is -3.21. The SMILES string of the molecule is CCOC(=O)N1CCN(P(=O)(OCC)OCC)CC1. The molecule has 0 aromatic carbocycles. The highest BCUT2D eigenvalue weighted by Crippen LogP contribution is 2.52. The first kappa shape index (κ1) is 16.4. The molecule has 1 aliphatic rings. The van der Waals surface area contributed by atoms with Crippen LogP contribution < -0.4 is 0 Å². The summed E-state index contributed by atoms with van der Waals surface area (Å²) in [6.45, 7) is 8.17. The van der Waals surface area contributed by atoms with Gasteiger partial charge in [0.15, 0.2) is 0 Å². The quantitative estimate of drug-likeness (QED) is 0.697. The Morgan fingerprint density at radius 3 is 1.95 bits per heavy atom. The molecule has 0 bridgehead atoms. The molecule has 0 aromatic heterocycles. The highest BCUT2D eigenvalue weighted by atomic mass is 31.2. The Balaban J connectivity index is 2.56.